The average molecular weight is 372 g/mol. The summed E-state index contributed by atoms with van der Waals surface area (Å²) in [6, 6.07) is 9.48. The van der Waals surface area contributed by atoms with E-state index in [1.807, 2.05) is 48.9 Å². The number of amides is 1. The van der Waals surface area contributed by atoms with Gasteiger partial charge in [-0.3, -0.25) is 9.48 Å². The van der Waals surface area contributed by atoms with Gasteiger partial charge in [-0.2, -0.15) is 5.10 Å². The number of nitrogens with zero attached hydrogens (tertiary/aromatic N) is 4. The molecule has 1 fully saturated rings. The van der Waals surface area contributed by atoms with Gasteiger partial charge in [-0.25, -0.2) is 0 Å². The van der Waals surface area contributed by atoms with E-state index in [1.54, 1.807) is 13.2 Å². The van der Waals surface area contributed by atoms with Crippen LogP contribution in [0.15, 0.2) is 30.3 Å². The van der Waals surface area contributed by atoms with Crippen molar-refractivity contribution in [2.45, 2.75) is 25.4 Å². The molecular weight excluding hydrogens is 344 g/mol. The lowest BCUT2D eigenvalue weighted by Gasteiger charge is -2.23. The Labute approximate surface area is 160 Å². The summed E-state index contributed by atoms with van der Waals surface area (Å²) >= 11 is 0. The van der Waals surface area contributed by atoms with Gasteiger partial charge in [0.05, 0.1) is 24.5 Å². The number of aryl methyl sites for hydroxylation is 1. The van der Waals surface area contributed by atoms with Crippen molar-refractivity contribution in [3.8, 4) is 11.5 Å². The van der Waals surface area contributed by atoms with Crippen molar-refractivity contribution >= 4 is 5.91 Å². The van der Waals surface area contributed by atoms with Crippen LogP contribution in [-0.2, 0) is 18.4 Å². The molecule has 0 N–H and O–H groups in total. The summed E-state index contributed by atoms with van der Waals surface area (Å²) in [5.74, 6) is 1.18. The van der Waals surface area contributed by atoms with Crippen LogP contribution in [0.5, 0.6) is 11.5 Å². The number of carbonyl (C=O) groups is 1. The summed E-state index contributed by atoms with van der Waals surface area (Å²) in [5.41, 5.74) is 2.09. The quantitative estimate of drug-likeness (QED) is 0.746. The first-order valence-electron chi connectivity index (χ1n) is 9.22. The van der Waals surface area contributed by atoms with E-state index in [0.717, 1.165) is 37.3 Å². The Balaban J connectivity index is 1.68. The van der Waals surface area contributed by atoms with Crippen molar-refractivity contribution in [1.29, 1.82) is 0 Å². The number of likely N-dealkylation sites (tertiary alicyclic amines) is 1. The second-order valence-electron chi connectivity index (χ2n) is 7.11. The number of rotatable bonds is 7. The lowest BCUT2D eigenvalue weighted by molar-refractivity contribution is -0.134. The third-order valence-electron chi connectivity index (χ3n) is 4.81. The minimum Gasteiger partial charge on any atom is -0.493 e. The van der Waals surface area contributed by atoms with E-state index >= 15 is 0 Å². The Morgan fingerprint density at radius 3 is 2.74 bits per heavy atom. The molecule has 0 aliphatic carbocycles. The van der Waals surface area contributed by atoms with Crippen LogP contribution < -0.4 is 9.47 Å². The van der Waals surface area contributed by atoms with Gasteiger partial charge in [0, 0.05) is 20.1 Å². The van der Waals surface area contributed by atoms with Crippen LogP contribution in [0.25, 0.3) is 0 Å². The second kappa shape index (κ2) is 8.43. The molecule has 0 radical (unpaired) electrons. The van der Waals surface area contributed by atoms with Gasteiger partial charge in [0.1, 0.15) is 0 Å². The fourth-order valence-corrected chi connectivity index (χ4v) is 3.50. The maximum Gasteiger partial charge on any atom is 0.261 e. The number of benzene rings is 1. The van der Waals surface area contributed by atoms with Crippen molar-refractivity contribution in [2.75, 3.05) is 34.4 Å². The Hall–Kier alpha value is -2.54. The standard InChI is InChI=1S/C20H28N4O3/c1-22(2)13-15-12-16(21-23(15)3)17-8-7-11-24(17)20(25)14-27-19-10-6-5-9-18(19)26-4/h5-6,9-10,12,17H,7-8,11,13-14H2,1-4H3/t17-/m0/s1. The SMILES string of the molecule is COc1ccccc1OCC(=O)N1CCC[C@H]1c1cc(CN(C)C)n(C)n1. The molecule has 27 heavy (non-hydrogen) atoms. The Morgan fingerprint density at radius 1 is 1.30 bits per heavy atom. The van der Waals surface area contributed by atoms with Gasteiger partial charge >= 0.3 is 0 Å². The minimum absolute atomic E-state index is 0.00569. The lowest BCUT2D eigenvalue weighted by Crippen LogP contribution is -2.34. The Kier molecular flexibility index (Phi) is 6.01. The van der Waals surface area contributed by atoms with Crippen molar-refractivity contribution in [1.82, 2.24) is 19.6 Å². The molecule has 2 heterocycles. The second-order valence-corrected chi connectivity index (χ2v) is 7.11. The molecule has 7 heteroatoms. The van der Waals surface area contributed by atoms with Gasteiger partial charge in [0.2, 0.25) is 0 Å². The molecule has 1 saturated heterocycles. The molecule has 0 saturated carbocycles. The van der Waals surface area contributed by atoms with E-state index < -0.39 is 0 Å². The number of carbonyl (C=O) groups excluding carboxylic acids is 1. The lowest BCUT2D eigenvalue weighted by atomic mass is 10.1. The van der Waals surface area contributed by atoms with Crippen LogP contribution in [0.1, 0.15) is 30.3 Å². The highest BCUT2D eigenvalue weighted by molar-refractivity contribution is 5.78. The zero-order valence-corrected chi connectivity index (χ0v) is 16.5. The zero-order valence-electron chi connectivity index (χ0n) is 16.5. The number of aromatic nitrogens is 2. The Bertz CT molecular complexity index is 787. The molecule has 1 aliphatic heterocycles. The molecule has 1 aromatic carbocycles. The van der Waals surface area contributed by atoms with E-state index in [4.69, 9.17) is 9.47 Å². The average Bonchev–Trinajstić information content (AvgIpc) is 3.26. The molecule has 7 nitrogen and oxygen atoms in total. The van der Waals surface area contributed by atoms with E-state index in [1.165, 1.54) is 0 Å². The summed E-state index contributed by atoms with van der Waals surface area (Å²) in [7, 11) is 7.61. The normalized spacial score (nSPS) is 16.8. The fraction of sp³-hybridized carbons (Fsp3) is 0.500. The maximum absolute atomic E-state index is 12.8. The molecule has 2 aromatic rings. The topological polar surface area (TPSA) is 59.8 Å². The minimum atomic E-state index is -0.0248. The first kappa shape index (κ1) is 19.2. The number of hydrogen-bond donors (Lipinski definition) is 0. The molecule has 1 aliphatic rings. The smallest absolute Gasteiger partial charge is 0.261 e. The summed E-state index contributed by atoms with van der Waals surface area (Å²) in [5, 5.41) is 4.66. The third-order valence-corrected chi connectivity index (χ3v) is 4.81. The molecule has 3 rings (SSSR count). The monoisotopic (exact) mass is 372 g/mol. The number of methoxy groups -OCH3 is 1. The molecule has 1 amide bonds. The van der Waals surface area contributed by atoms with E-state index in [-0.39, 0.29) is 18.6 Å². The summed E-state index contributed by atoms with van der Waals surface area (Å²) in [6.07, 6.45) is 1.91. The molecular formula is C20H28N4O3. The first-order chi connectivity index (χ1) is 13.0. The van der Waals surface area contributed by atoms with E-state index in [2.05, 4.69) is 16.1 Å². The third kappa shape index (κ3) is 4.42. The van der Waals surface area contributed by atoms with E-state index in [0.29, 0.717) is 11.5 Å². The highest BCUT2D eigenvalue weighted by atomic mass is 16.5. The van der Waals surface area contributed by atoms with Crippen molar-refractivity contribution in [2.24, 2.45) is 7.05 Å². The van der Waals surface area contributed by atoms with Gasteiger partial charge < -0.3 is 19.3 Å². The highest BCUT2D eigenvalue weighted by Crippen LogP contribution is 2.32. The van der Waals surface area contributed by atoms with Gasteiger partial charge in [0.25, 0.3) is 5.91 Å². The molecule has 1 aromatic heterocycles. The first-order valence-corrected chi connectivity index (χ1v) is 9.22. The largest absolute Gasteiger partial charge is 0.493 e. The van der Waals surface area contributed by atoms with Crippen LogP contribution in [0.4, 0.5) is 0 Å². The zero-order chi connectivity index (χ0) is 19.4. The van der Waals surface area contributed by atoms with Crippen molar-refractivity contribution in [3.05, 3.63) is 41.7 Å². The summed E-state index contributed by atoms with van der Waals surface area (Å²) in [4.78, 5) is 16.8. The van der Waals surface area contributed by atoms with Gasteiger partial charge in [0.15, 0.2) is 18.1 Å². The predicted octanol–water partition coefficient (Wildman–Crippen LogP) is 2.23. The molecule has 0 unspecified atom stereocenters. The number of ether oxygens (including phenoxy) is 2. The maximum atomic E-state index is 12.8. The van der Waals surface area contributed by atoms with Crippen molar-refractivity contribution in [3.63, 3.8) is 0 Å². The summed E-state index contributed by atoms with van der Waals surface area (Å²) in [6.45, 7) is 1.55. The molecule has 0 spiro atoms. The van der Waals surface area contributed by atoms with Crippen LogP contribution in [0, 0.1) is 0 Å². The van der Waals surface area contributed by atoms with Crippen molar-refractivity contribution < 1.29 is 14.3 Å². The Morgan fingerprint density at radius 2 is 2.04 bits per heavy atom. The number of hydrogen-bond acceptors (Lipinski definition) is 5. The summed E-state index contributed by atoms with van der Waals surface area (Å²) < 4.78 is 12.9. The number of para-hydroxylation sites is 2. The van der Waals surface area contributed by atoms with Crippen LogP contribution >= 0.6 is 0 Å². The molecule has 146 valence electrons. The molecule has 1 atom stereocenters. The highest BCUT2D eigenvalue weighted by Gasteiger charge is 2.32. The van der Waals surface area contributed by atoms with Gasteiger partial charge in [-0.1, -0.05) is 12.1 Å². The van der Waals surface area contributed by atoms with E-state index in [9.17, 15) is 4.79 Å². The fourth-order valence-electron chi connectivity index (χ4n) is 3.50. The molecule has 0 bridgehead atoms. The predicted molar refractivity (Wildman–Crippen MR) is 103 cm³/mol. The van der Waals surface area contributed by atoms with Crippen LogP contribution in [0.3, 0.4) is 0 Å². The van der Waals surface area contributed by atoms with Crippen LogP contribution in [-0.4, -0.2) is 59.8 Å². The van der Waals surface area contributed by atoms with Gasteiger partial charge in [-0.05, 0) is 45.1 Å². The van der Waals surface area contributed by atoms with Gasteiger partial charge in [-0.15, -0.1) is 0 Å². The van der Waals surface area contributed by atoms with Crippen LogP contribution in [0.2, 0.25) is 0 Å².